The smallest absolute Gasteiger partial charge is 0.353 e. The van der Waals surface area contributed by atoms with Crippen molar-refractivity contribution in [3.8, 4) is 0 Å². The van der Waals surface area contributed by atoms with Crippen molar-refractivity contribution in [3.63, 3.8) is 0 Å². The lowest BCUT2D eigenvalue weighted by Gasteiger charge is -2.35. The second-order valence-electron chi connectivity index (χ2n) is 6.29. The zero-order valence-electron chi connectivity index (χ0n) is 13.5. The van der Waals surface area contributed by atoms with Gasteiger partial charge in [-0.15, -0.1) is 0 Å². The highest BCUT2D eigenvalue weighted by Gasteiger charge is 2.34. The van der Waals surface area contributed by atoms with Crippen molar-refractivity contribution in [2.24, 2.45) is 0 Å². The molecule has 0 saturated carbocycles. The Morgan fingerprint density at radius 3 is 2.31 bits per heavy atom. The first-order valence-corrected chi connectivity index (χ1v) is 7.92. The molecule has 3 nitrogen and oxygen atoms in total. The van der Waals surface area contributed by atoms with Crippen molar-refractivity contribution in [2.75, 3.05) is 18.0 Å². The van der Waals surface area contributed by atoms with E-state index in [1.54, 1.807) is 4.90 Å². The minimum absolute atomic E-state index is 0.0592. The minimum atomic E-state index is -4.46. The summed E-state index contributed by atoms with van der Waals surface area (Å²) in [6.07, 6.45) is -3.31. The zero-order valence-corrected chi connectivity index (χ0v) is 13.5. The Morgan fingerprint density at radius 2 is 1.73 bits per heavy atom. The van der Waals surface area contributed by atoms with E-state index in [-0.39, 0.29) is 11.6 Å². The summed E-state index contributed by atoms with van der Waals surface area (Å²) < 4.78 is 78.4. The summed E-state index contributed by atoms with van der Waals surface area (Å²) in [5.41, 5.74) is 3.17. The molecular formula is C17H16F6N3+. The number of halogens is 6. The first-order chi connectivity index (χ1) is 12.2. The van der Waals surface area contributed by atoms with Crippen molar-refractivity contribution >= 4 is 5.82 Å². The number of piperidine rings is 1. The van der Waals surface area contributed by atoms with Gasteiger partial charge in [0.2, 0.25) is 0 Å². The fraction of sp³-hybridized carbons (Fsp3) is 0.353. The molecule has 9 heteroatoms. The maximum atomic E-state index is 14.0. The number of aromatic nitrogens is 1. The Morgan fingerprint density at radius 1 is 1.04 bits per heavy atom. The second kappa shape index (κ2) is 6.79. The third-order valence-electron chi connectivity index (χ3n) is 4.57. The predicted molar refractivity (Wildman–Crippen MR) is 81.8 cm³/mol. The molecule has 0 bridgehead atoms. The number of hydrogen-bond acceptors (Lipinski definition) is 2. The maximum Gasteiger partial charge on any atom is 0.417 e. The van der Waals surface area contributed by atoms with Crippen LogP contribution < -0.4 is 10.6 Å². The maximum absolute atomic E-state index is 14.0. The molecule has 26 heavy (non-hydrogen) atoms. The number of rotatable bonds is 2. The molecule has 1 aromatic heterocycles. The van der Waals surface area contributed by atoms with Gasteiger partial charge in [0.25, 0.3) is 0 Å². The van der Waals surface area contributed by atoms with Crippen LogP contribution in [0.3, 0.4) is 0 Å². The summed E-state index contributed by atoms with van der Waals surface area (Å²) in [5.74, 6) is -3.27. The van der Waals surface area contributed by atoms with E-state index >= 15 is 0 Å². The van der Waals surface area contributed by atoms with Crippen LogP contribution in [0.15, 0.2) is 30.5 Å². The molecule has 1 saturated heterocycles. The fourth-order valence-corrected chi connectivity index (χ4v) is 3.21. The van der Waals surface area contributed by atoms with Gasteiger partial charge in [0.05, 0.1) is 12.1 Å². The van der Waals surface area contributed by atoms with Crippen LogP contribution in [0.5, 0.6) is 0 Å². The molecule has 0 aliphatic carbocycles. The summed E-state index contributed by atoms with van der Waals surface area (Å²) in [6.45, 7) is 0.689. The fourth-order valence-electron chi connectivity index (χ4n) is 3.21. The van der Waals surface area contributed by atoms with Crippen molar-refractivity contribution in [1.82, 2.24) is 4.98 Å². The standard InChI is InChI=1S/C17H15F6N3/c18-12-6-14(20)13(19)5-11(12)10-3-4-26(8-15(10)24)16-2-1-9(7-25-16)17(21,22)23/h1-2,5-7,10,15H,3-4,8,24H2/p+1/t10-,15+/m1/s1. The number of alkyl halides is 3. The Bertz CT molecular complexity index is 790. The third-order valence-corrected chi connectivity index (χ3v) is 4.57. The highest BCUT2D eigenvalue weighted by Crippen LogP contribution is 2.33. The quantitative estimate of drug-likeness (QED) is 0.647. The van der Waals surface area contributed by atoms with Crippen molar-refractivity contribution in [2.45, 2.75) is 24.6 Å². The molecule has 0 spiro atoms. The summed E-state index contributed by atoms with van der Waals surface area (Å²) >= 11 is 0. The van der Waals surface area contributed by atoms with Gasteiger partial charge in [0, 0.05) is 30.3 Å². The summed E-state index contributed by atoms with van der Waals surface area (Å²) in [5, 5.41) is 0. The number of benzene rings is 1. The Hall–Kier alpha value is -2.29. The van der Waals surface area contributed by atoms with Gasteiger partial charge in [-0.2, -0.15) is 13.2 Å². The van der Waals surface area contributed by atoms with Gasteiger partial charge in [0.15, 0.2) is 11.6 Å². The Labute approximate surface area is 145 Å². The van der Waals surface area contributed by atoms with E-state index < -0.39 is 35.1 Å². The number of anilines is 1. The van der Waals surface area contributed by atoms with Gasteiger partial charge in [0.1, 0.15) is 17.7 Å². The third kappa shape index (κ3) is 3.62. The summed E-state index contributed by atoms with van der Waals surface area (Å²) in [7, 11) is 0. The van der Waals surface area contributed by atoms with Gasteiger partial charge < -0.3 is 10.6 Å². The van der Waals surface area contributed by atoms with E-state index in [2.05, 4.69) is 10.7 Å². The first kappa shape index (κ1) is 18.5. The molecule has 2 aromatic rings. The highest BCUT2D eigenvalue weighted by molar-refractivity contribution is 5.41. The van der Waals surface area contributed by atoms with Gasteiger partial charge in [-0.05, 0) is 24.6 Å². The lowest BCUT2D eigenvalue weighted by atomic mass is 9.85. The molecule has 0 unspecified atom stereocenters. The van der Waals surface area contributed by atoms with E-state index in [1.165, 1.54) is 6.07 Å². The molecule has 0 amide bonds. The van der Waals surface area contributed by atoms with Crippen LogP contribution in [0.4, 0.5) is 32.2 Å². The summed E-state index contributed by atoms with van der Waals surface area (Å²) in [6, 6.07) is 3.21. The van der Waals surface area contributed by atoms with Crippen LogP contribution in [-0.2, 0) is 6.18 Å². The average molecular weight is 376 g/mol. The van der Waals surface area contributed by atoms with Crippen LogP contribution in [0.2, 0.25) is 0 Å². The molecule has 2 atom stereocenters. The minimum Gasteiger partial charge on any atom is -0.353 e. The molecule has 1 aromatic carbocycles. The van der Waals surface area contributed by atoms with Crippen molar-refractivity contribution < 1.29 is 32.1 Å². The van der Waals surface area contributed by atoms with E-state index in [0.717, 1.165) is 18.3 Å². The lowest BCUT2D eigenvalue weighted by molar-refractivity contribution is -0.424. The second-order valence-corrected chi connectivity index (χ2v) is 6.29. The number of hydrogen-bond donors (Lipinski definition) is 1. The number of pyridine rings is 1. The topological polar surface area (TPSA) is 43.8 Å². The number of nitrogens with zero attached hydrogens (tertiary/aromatic N) is 2. The molecule has 2 heterocycles. The van der Waals surface area contributed by atoms with Crippen LogP contribution >= 0.6 is 0 Å². The van der Waals surface area contributed by atoms with Gasteiger partial charge in [-0.1, -0.05) is 0 Å². The molecule has 140 valence electrons. The predicted octanol–water partition coefficient (Wildman–Crippen LogP) is 3.12. The van der Waals surface area contributed by atoms with E-state index in [1.807, 2.05) is 0 Å². The van der Waals surface area contributed by atoms with E-state index in [4.69, 9.17) is 0 Å². The Kier molecular flexibility index (Phi) is 4.83. The average Bonchev–Trinajstić information content (AvgIpc) is 2.58. The normalized spacial score (nSPS) is 21.1. The SMILES string of the molecule is [NH3+][C@H]1CN(c2ccc(C(F)(F)F)cn2)CC[C@@H]1c1cc(F)c(F)cc1F. The summed E-state index contributed by atoms with van der Waals surface area (Å²) in [4.78, 5) is 5.58. The van der Waals surface area contributed by atoms with Crippen LogP contribution in [0, 0.1) is 17.5 Å². The molecule has 1 fully saturated rings. The van der Waals surface area contributed by atoms with Gasteiger partial charge in [-0.3, -0.25) is 0 Å². The zero-order chi connectivity index (χ0) is 19.1. The van der Waals surface area contributed by atoms with Gasteiger partial charge >= 0.3 is 6.18 Å². The lowest BCUT2D eigenvalue weighted by Crippen LogP contribution is -2.70. The van der Waals surface area contributed by atoms with Crippen molar-refractivity contribution in [1.29, 1.82) is 0 Å². The van der Waals surface area contributed by atoms with Crippen LogP contribution in [0.25, 0.3) is 0 Å². The molecule has 3 rings (SSSR count). The monoisotopic (exact) mass is 376 g/mol. The largest absolute Gasteiger partial charge is 0.417 e. The molecule has 3 N–H and O–H groups in total. The van der Waals surface area contributed by atoms with E-state index in [9.17, 15) is 26.3 Å². The Balaban J connectivity index is 1.75. The molecule has 1 aliphatic heterocycles. The number of quaternary nitrogens is 1. The molecule has 1 aliphatic rings. The van der Waals surface area contributed by atoms with Crippen LogP contribution in [0.1, 0.15) is 23.5 Å². The molecular weight excluding hydrogens is 360 g/mol. The van der Waals surface area contributed by atoms with Gasteiger partial charge in [-0.25, -0.2) is 18.2 Å². The molecule has 0 radical (unpaired) electrons. The highest BCUT2D eigenvalue weighted by atomic mass is 19.4. The van der Waals surface area contributed by atoms with Crippen LogP contribution in [-0.4, -0.2) is 24.1 Å². The first-order valence-electron chi connectivity index (χ1n) is 7.92. The van der Waals surface area contributed by atoms with E-state index in [0.29, 0.717) is 31.4 Å². The van der Waals surface area contributed by atoms with Crippen molar-refractivity contribution in [3.05, 3.63) is 59.0 Å².